The number of halogens is 6. The van der Waals surface area contributed by atoms with Gasteiger partial charge >= 0.3 is 79.5 Å². The molecule has 463 valence electrons. The second kappa shape index (κ2) is 44.4. The molecule has 0 aliphatic carbocycles. The van der Waals surface area contributed by atoms with Gasteiger partial charge in [0, 0.05) is 11.8 Å². The zero-order valence-electron chi connectivity index (χ0n) is 48.9. The van der Waals surface area contributed by atoms with Crippen molar-refractivity contribution >= 4 is 138 Å². The zero-order chi connectivity index (χ0) is 65.5. The van der Waals surface area contributed by atoms with Crippen molar-refractivity contribution in [2.75, 3.05) is 11.8 Å². The molecule has 0 amide bonds. The number of aryl methyl sites for hydroxylation is 4. The minimum Gasteiger partial charge on any atom is -0.0622 e. The Hall–Kier alpha value is -5.11. The van der Waals surface area contributed by atoms with Crippen molar-refractivity contribution in [2.24, 2.45) is 9.98 Å². The summed E-state index contributed by atoms with van der Waals surface area (Å²) in [4.78, 5) is 7.34. The van der Waals surface area contributed by atoms with Crippen LogP contribution >= 0.6 is 60.3 Å². The van der Waals surface area contributed by atoms with Crippen LogP contribution in [0.4, 0.5) is 24.5 Å². The maximum Gasteiger partial charge on any atom is 0.00405 e. The second-order valence-corrected chi connectivity index (χ2v) is 33.5. The van der Waals surface area contributed by atoms with E-state index in [1.165, 1.54) is 72.4 Å². The fourth-order valence-electron chi connectivity index (χ4n) is 8.41. The third-order valence-corrected chi connectivity index (χ3v) is 25.0. The fraction of sp³-hybridized carbons (Fsp3) is 0.100. The van der Waals surface area contributed by atoms with E-state index < -0.39 is 63.3 Å². The Bertz CT molecular complexity index is 3110. The van der Waals surface area contributed by atoms with Crippen LogP contribution in [0.2, 0.25) is 0 Å². The summed E-state index contributed by atoms with van der Waals surface area (Å²) in [6, 6.07) is 100. The van der Waals surface area contributed by atoms with E-state index in [9.17, 15) is 13.2 Å². The molecule has 0 spiro atoms. The standard InChI is InChI=1S/2C25H22P2.2C9H10N.CHF3O3S.CO.3ClH.2Re/c2*1-5-13-22(14-6-1)26(23-15-7-2-8-16-23)21-27(24-17-9-3-10-18-24)25-19-11-4-12-20-25;2*1-7-5-4-6-8(2)9(7)10-3;2-1(3,4)8(5,6)7;1-2;;;;;/h2*1-20H,21H2;2*3-6H,1-2H3;(H,5,6,7);;3*1H;;/q;;2*-1;;;;;;+1;+2/p-4. The molecule has 0 aromatic heterocycles. The number of rotatable bonds is 14. The summed E-state index contributed by atoms with van der Waals surface area (Å²) in [5.74, 6) is 2.35. The number of aliphatic imine (C=N–C) groups is 2. The molecule has 0 atom stereocenters. The summed E-state index contributed by atoms with van der Waals surface area (Å²) in [6.45, 7) is 22.8. The molecule has 0 unspecified atom stereocenters. The molecular weight excluding hydrogens is 1620 g/mol. The first kappa shape index (κ1) is 78.1. The van der Waals surface area contributed by atoms with Gasteiger partial charge in [0.1, 0.15) is 0 Å². The van der Waals surface area contributed by atoms with Crippen LogP contribution in [-0.2, 0) is 48.9 Å². The molecule has 0 radical (unpaired) electrons. The third-order valence-electron chi connectivity index (χ3n) is 12.5. The van der Waals surface area contributed by atoms with Gasteiger partial charge in [0.25, 0.3) is 0 Å². The number of alkyl halides is 3. The predicted octanol–water partition coefficient (Wildman–Crippen LogP) is 17.5. The molecule has 0 N–H and O–H groups in total. The number of hydrogen-bond acceptors (Lipinski definition) is 5. The van der Waals surface area contributed by atoms with Crippen molar-refractivity contribution in [3.8, 4) is 0 Å². The van der Waals surface area contributed by atoms with Gasteiger partial charge in [-0.3, -0.25) is 0 Å². The normalized spacial score (nSPS) is 10.4. The molecular formula is C70H64Cl3F3N2O4P4Re2S-3. The van der Waals surface area contributed by atoms with Crippen LogP contribution in [0.15, 0.2) is 289 Å². The Labute approximate surface area is 560 Å². The number of nitrogens with zero attached hydrogens (tertiary/aromatic N) is 2. The van der Waals surface area contributed by atoms with E-state index in [0.29, 0.717) is 0 Å². The monoisotopic (exact) mass is 1690 g/mol. The summed E-state index contributed by atoms with van der Waals surface area (Å²) in [6.07, 6.45) is 0. The summed E-state index contributed by atoms with van der Waals surface area (Å²) in [5, 5.41) is 11.7. The summed E-state index contributed by atoms with van der Waals surface area (Å²) in [7, 11) is 6.80. The summed E-state index contributed by atoms with van der Waals surface area (Å²) in [5.41, 5.74) is 0.674. The SMILES string of the molecule is O=S(=O)([O-])C(F)(F)F.[C-]#[O+].[CH-]=Nc1c(C)cccc1C.[CH-]=Nc1c(C)cccc1C.[Cl][Re].[Cl][Re][Cl].c1ccc(P(CP(c2ccccc2)c2ccccc2)c2ccccc2)cc1.c1ccc(P(CP(c2ccccc2)c2ccccc2)c2ccccc2)cc1. The summed E-state index contributed by atoms with van der Waals surface area (Å²) >= 11 is 0.472. The first-order valence-corrected chi connectivity index (χ1v) is 44.3. The average Bonchev–Trinajstić information content (AvgIpc) is 3.76. The van der Waals surface area contributed by atoms with E-state index in [4.69, 9.17) is 59.6 Å². The molecule has 10 aromatic carbocycles. The Kier molecular flexibility index (Phi) is 39.0. The molecule has 0 heterocycles. The van der Waals surface area contributed by atoms with Crippen LogP contribution in [0.25, 0.3) is 0 Å². The number of hydrogen-bond donors (Lipinski definition) is 0. The molecule has 0 aliphatic rings. The van der Waals surface area contributed by atoms with Gasteiger partial charge in [-0.1, -0.05) is 318 Å². The van der Waals surface area contributed by atoms with E-state index in [1.54, 1.807) is 0 Å². The van der Waals surface area contributed by atoms with Gasteiger partial charge in [-0.2, -0.15) is 26.6 Å². The van der Waals surface area contributed by atoms with Gasteiger partial charge in [-0.05, 0) is 74.1 Å². The van der Waals surface area contributed by atoms with Gasteiger partial charge in [0.05, 0.1) is 0 Å². The quantitative estimate of drug-likeness (QED) is 0.0271. The first-order valence-electron chi connectivity index (χ1n) is 26.7. The Morgan fingerprint density at radius 1 is 0.404 bits per heavy atom. The smallest absolute Gasteiger partial charge is 0.00405 e. The second-order valence-electron chi connectivity index (χ2n) is 18.4. The number of para-hydroxylation sites is 2. The van der Waals surface area contributed by atoms with Gasteiger partial charge in [0.2, 0.25) is 0 Å². The van der Waals surface area contributed by atoms with Crippen molar-refractivity contribution < 1.29 is 64.9 Å². The van der Waals surface area contributed by atoms with Gasteiger partial charge in [-0.15, -0.1) is 22.3 Å². The van der Waals surface area contributed by atoms with Crippen molar-refractivity contribution in [1.29, 1.82) is 0 Å². The van der Waals surface area contributed by atoms with E-state index in [2.05, 4.69) is 259 Å². The molecule has 0 fully saturated rings. The topological polar surface area (TPSA) is 102 Å². The predicted molar refractivity (Wildman–Crippen MR) is 371 cm³/mol. The fourth-order valence-corrected chi connectivity index (χ4v) is 21.4. The molecule has 0 aliphatic heterocycles. The largest absolute Gasteiger partial charge is 0.0622 e. The van der Waals surface area contributed by atoms with Crippen molar-refractivity contribution in [3.05, 3.63) is 308 Å². The zero-order valence-corrected chi connectivity index (χ0v) is 61.0. The summed E-state index contributed by atoms with van der Waals surface area (Å²) < 4.78 is 66.4. The van der Waals surface area contributed by atoms with Crippen LogP contribution < -0.4 is 42.4 Å². The molecule has 10 rings (SSSR count). The van der Waals surface area contributed by atoms with E-state index in [-0.39, 0.29) is 0 Å². The van der Waals surface area contributed by atoms with Gasteiger partial charge in [-0.25, -0.2) is 8.42 Å². The Morgan fingerprint density at radius 2 is 0.539 bits per heavy atom. The molecule has 89 heavy (non-hydrogen) atoms. The van der Waals surface area contributed by atoms with Crippen LogP contribution in [-0.4, -0.2) is 43.7 Å². The van der Waals surface area contributed by atoms with Crippen molar-refractivity contribution in [1.82, 2.24) is 0 Å². The molecule has 0 saturated carbocycles. The Morgan fingerprint density at radius 3 is 0.640 bits per heavy atom. The molecule has 10 aromatic rings. The maximum atomic E-state index is 10.7. The van der Waals surface area contributed by atoms with Crippen LogP contribution in [0.1, 0.15) is 22.3 Å². The van der Waals surface area contributed by atoms with E-state index in [0.717, 1.165) is 33.6 Å². The van der Waals surface area contributed by atoms with E-state index >= 15 is 0 Å². The van der Waals surface area contributed by atoms with E-state index in [1.807, 2.05) is 64.1 Å². The average molecular weight is 1690 g/mol. The van der Waals surface area contributed by atoms with Crippen LogP contribution in [0, 0.1) is 34.3 Å². The van der Waals surface area contributed by atoms with Crippen LogP contribution in [0.3, 0.4) is 0 Å². The maximum absolute atomic E-state index is 10.7. The minimum atomic E-state index is -6.09. The van der Waals surface area contributed by atoms with Gasteiger partial charge < -0.3 is 14.5 Å². The molecule has 0 bridgehead atoms. The van der Waals surface area contributed by atoms with Gasteiger partial charge in [0.15, 0.2) is 10.1 Å². The van der Waals surface area contributed by atoms with Crippen molar-refractivity contribution in [2.45, 2.75) is 33.2 Å². The molecule has 6 nitrogen and oxygen atoms in total. The minimum absolute atomic E-state index is 0.409. The molecule has 0 saturated heterocycles. The number of benzene rings is 10. The first-order chi connectivity index (χ1) is 43.0. The van der Waals surface area contributed by atoms with Crippen molar-refractivity contribution in [3.63, 3.8) is 0 Å². The molecule has 19 heteroatoms. The third kappa shape index (κ3) is 27.7. The van der Waals surface area contributed by atoms with Crippen LogP contribution in [0.5, 0.6) is 0 Å². The Balaban J connectivity index is 0.000000308.